The molecule has 0 radical (unpaired) electrons. The number of aryl methyl sites for hydroxylation is 1. The molecule has 4 nitrogen and oxygen atoms in total. The fourth-order valence-electron chi connectivity index (χ4n) is 1.05. The molecule has 1 aromatic heterocycles. The van der Waals surface area contributed by atoms with E-state index in [1.807, 2.05) is 0 Å². The highest BCUT2D eigenvalue weighted by Crippen LogP contribution is 2.21. The van der Waals surface area contributed by atoms with Gasteiger partial charge in [0.1, 0.15) is 4.88 Å². The first-order valence-electron chi connectivity index (χ1n) is 4.13. The van der Waals surface area contributed by atoms with Gasteiger partial charge in [0.05, 0.1) is 5.69 Å². The molecule has 72 valence electrons. The average Bonchev–Trinajstić information content (AvgIpc) is 2.43. The van der Waals surface area contributed by atoms with Crippen LogP contribution >= 0.6 is 11.3 Å². The van der Waals surface area contributed by atoms with E-state index >= 15 is 0 Å². The average molecular weight is 200 g/mol. The number of carboxylic acids is 1. The number of nitrogens with zero attached hydrogens (tertiary/aromatic N) is 1. The minimum Gasteiger partial charge on any atom is -0.477 e. The number of unbranched alkanes of at least 4 members (excludes halogenated alkanes) is 1. The molecule has 0 saturated heterocycles. The third kappa shape index (κ3) is 2.42. The molecule has 3 N–H and O–H groups in total. The van der Waals surface area contributed by atoms with Crippen LogP contribution in [0.1, 0.15) is 35.1 Å². The molecule has 0 aromatic carbocycles. The predicted molar refractivity (Wildman–Crippen MR) is 52.1 cm³/mol. The zero-order valence-corrected chi connectivity index (χ0v) is 8.23. The molecular weight excluding hydrogens is 188 g/mol. The van der Waals surface area contributed by atoms with Crippen LogP contribution in [0.2, 0.25) is 0 Å². The molecule has 0 aliphatic rings. The molecule has 0 amide bonds. The fourth-order valence-corrected chi connectivity index (χ4v) is 1.77. The lowest BCUT2D eigenvalue weighted by Crippen LogP contribution is -1.98. The Balaban J connectivity index is 2.84. The summed E-state index contributed by atoms with van der Waals surface area (Å²) in [4.78, 5) is 15.0. The lowest BCUT2D eigenvalue weighted by molar-refractivity contribution is 0.0700. The Morgan fingerprint density at radius 3 is 2.92 bits per heavy atom. The maximum absolute atomic E-state index is 10.7. The second-order valence-corrected chi connectivity index (χ2v) is 3.77. The third-order valence-corrected chi connectivity index (χ3v) is 2.59. The lowest BCUT2D eigenvalue weighted by atomic mass is 10.2. The minimum atomic E-state index is -0.930. The number of hydrogen-bond acceptors (Lipinski definition) is 4. The van der Waals surface area contributed by atoms with E-state index in [-0.39, 0.29) is 4.88 Å². The number of thiazole rings is 1. The van der Waals surface area contributed by atoms with Crippen LogP contribution in [-0.4, -0.2) is 16.1 Å². The van der Waals surface area contributed by atoms with Gasteiger partial charge in [0.15, 0.2) is 5.13 Å². The minimum absolute atomic E-state index is 0.283. The smallest absolute Gasteiger partial charge is 0.347 e. The number of nitrogen functional groups attached to an aromatic ring is 1. The molecule has 13 heavy (non-hydrogen) atoms. The van der Waals surface area contributed by atoms with Crippen LogP contribution in [-0.2, 0) is 6.42 Å². The van der Waals surface area contributed by atoms with Gasteiger partial charge in [-0.15, -0.1) is 0 Å². The van der Waals surface area contributed by atoms with Crippen LogP contribution < -0.4 is 5.73 Å². The Bertz CT molecular complexity index is 309. The zero-order valence-electron chi connectivity index (χ0n) is 7.41. The van der Waals surface area contributed by atoms with E-state index in [1.165, 1.54) is 0 Å². The molecule has 0 atom stereocenters. The molecule has 0 saturated carbocycles. The van der Waals surface area contributed by atoms with Crippen LogP contribution in [0.4, 0.5) is 5.13 Å². The Kier molecular flexibility index (Phi) is 3.25. The van der Waals surface area contributed by atoms with Crippen molar-refractivity contribution in [1.29, 1.82) is 0 Å². The van der Waals surface area contributed by atoms with E-state index < -0.39 is 5.97 Å². The maximum Gasteiger partial charge on any atom is 0.347 e. The number of rotatable bonds is 4. The molecule has 0 spiro atoms. The summed E-state index contributed by atoms with van der Waals surface area (Å²) in [6.45, 7) is 2.05. The molecule has 0 fully saturated rings. The highest BCUT2D eigenvalue weighted by atomic mass is 32.1. The van der Waals surface area contributed by atoms with Gasteiger partial charge in [-0.1, -0.05) is 24.7 Å². The van der Waals surface area contributed by atoms with Crippen molar-refractivity contribution in [3.05, 3.63) is 10.6 Å². The summed E-state index contributed by atoms with van der Waals surface area (Å²) in [7, 11) is 0. The van der Waals surface area contributed by atoms with Crippen molar-refractivity contribution in [2.24, 2.45) is 0 Å². The molecule has 0 unspecified atom stereocenters. The van der Waals surface area contributed by atoms with Gasteiger partial charge in [-0.3, -0.25) is 0 Å². The number of hydrogen-bond donors (Lipinski definition) is 2. The standard InChI is InChI=1S/C8H12N2O2S/c1-2-3-4-5-6(7(11)12)13-8(9)10-5/h2-4H2,1H3,(H2,9,10)(H,11,12). The normalized spacial score (nSPS) is 10.2. The highest BCUT2D eigenvalue weighted by molar-refractivity contribution is 7.17. The van der Waals surface area contributed by atoms with E-state index in [4.69, 9.17) is 10.8 Å². The zero-order chi connectivity index (χ0) is 9.84. The lowest BCUT2D eigenvalue weighted by Gasteiger charge is -1.95. The Labute approximate surface area is 80.4 Å². The van der Waals surface area contributed by atoms with E-state index in [2.05, 4.69) is 11.9 Å². The molecule has 0 bridgehead atoms. The molecule has 1 rings (SSSR count). The Morgan fingerprint density at radius 2 is 2.38 bits per heavy atom. The number of aromatic carboxylic acids is 1. The highest BCUT2D eigenvalue weighted by Gasteiger charge is 2.14. The number of anilines is 1. The van der Waals surface area contributed by atoms with Gasteiger partial charge >= 0.3 is 5.97 Å². The Morgan fingerprint density at radius 1 is 1.69 bits per heavy atom. The van der Waals surface area contributed by atoms with E-state index in [9.17, 15) is 4.79 Å². The molecule has 0 aliphatic carbocycles. The number of carboxylic acid groups (broad SMARTS) is 1. The summed E-state index contributed by atoms with van der Waals surface area (Å²) in [6, 6.07) is 0. The van der Waals surface area contributed by atoms with Crippen molar-refractivity contribution in [3.63, 3.8) is 0 Å². The SMILES string of the molecule is CCCCc1nc(N)sc1C(=O)O. The van der Waals surface area contributed by atoms with E-state index in [0.717, 1.165) is 24.2 Å². The molecule has 1 heterocycles. The van der Waals surface area contributed by atoms with Crippen LogP contribution in [0.3, 0.4) is 0 Å². The van der Waals surface area contributed by atoms with Gasteiger partial charge in [-0.2, -0.15) is 0 Å². The maximum atomic E-state index is 10.7. The van der Waals surface area contributed by atoms with Crippen LogP contribution in [0.15, 0.2) is 0 Å². The first-order chi connectivity index (χ1) is 6.15. The Hall–Kier alpha value is -1.10. The summed E-state index contributed by atoms with van der Waals surface area (Å²) in [5.41, 5.74) is 6.06. The topological polar surface area (TPSA) is 76.2 Å². The first-order valence-corrected chi connectivity index (χ1v) is 4.95. The van der Waals surface area contributed by atoms with E-state index in [1.54, 1.807) is 0 Å². The van der Waals surface area contributed by atoms with Crippen molar-refractivity contribution < 1.29 is 9.90 Å². The number of carbonyl (C=O) groups is 1. The van der Waals surface area contributed by atoms with Gasteiger partial charge in [0, 0.05) is 0 Å². The van der Waals surface area contributed by atoms with Gasteiger partial charge in [-0.05, 0) is 12.8 Å². The molecule has 1 aromatic rings. The summed E-state index contributed by atoms with van der Waals surface area (Å²) in [6.07, 6.45) is 2.67. The van der Waals surface area contributed by atoms with Gasteiger partial charge in [0.2, 0.25) is 0 Å². The quantitative estimate of drug-likeness (QED) is 0.776. The van der Waals surface area contributed by atoms with Crippen LogP contribution in [0.5, 0.6) is 0 Å². The second kappa shape index (κ2) is 4.23. The summed E-state index contributed by atoms with van der Waals surface area (Å²) in [5.74, 6) is -0.930. The van der Waals surface area contributed by atoms with Crippen molar-refractivity contribution in [1.82, 2.24) is 4.98 Å². The van der Waals surface area contributed by atoms with Crippen LogP contribution in [0.25, 0.3) is 0 Å². The summed E-state index contributed by atoms with van der Waals surface area (Å²) >= 11 is 1.04. The van der Waals surface area contributed by atoms with Crippen LogP contribution in [0, 0.1) is 0 Å². The third-order valence-electron chi connectivity index (χ3n) is 1.68. The van der Waals surface area contributed by atoms with Crippen molar-refractivity contribution in [2.45, 2.75) is 26.2 Å². The molecule has 5 heteroatoms. The van der Waals surface area contributed by atoms with Crippen molar-refractivity contribution >= 4 is 22.4 Å². The van der Waals surface area contributed by atoms with Gasteiger partial charge in [0.25, 0.3) is 0 Å². The van der Waals surface area contributed by atoms with Crippen molar-refractivity contribution in [2.75, 3.05) is 5.73 Å². The fraction of sp³-hybridized carbons (Fsp3) is 0.500. The largest absolute Gasteiger partial charge is 0.477 e. The van der Waals surface area contributed by atoms with Gasteiger partial charge in [-0.25, -0.2) is 9.78 Å². The number of aromatic nitrogens is 1. The first kappa shape index (κ1) is 9.98. The molecule has 0 aliphatic heterocycles. The summed E-state index contributed by atoms with van der Waals surface area (Å²) in [5, 5.41) is 9.13. The monoisotopic (exact) mass is 200 g/mol. The van der Waals surface area contributed by atoms with E-state index in [0.29, 0.717) is 17.2 Å². The van der Waals surface area contributed by atoms with Crippen molar-refractivity contribution in [3.8, 4) is 0 Å². The van der Waals surface area contributed by atoms with Gasteiger partial charge < -0.3 is 10.8 Å². The second-order valence-electron chi connectivity index (χ2n) is 2.74. The molecular formula is C8H12N2O2S. The summed E-state index contributed by atoms with van der Waals surface area (Å²) < 4.78 is 0. The predicted octanol–water partition coefficient (Wildman–Crippen LogP) is 1.77. The number of nitrogens with two attached hydrogens (primary N) is 1.